The molecule has 1 heterocycles. The minimum absolute atomic E-state index is 0.0324. The first-order chi connectivity index (χ1) is 12.5. The number of nitrogens with one attached hydrogen (secondary N) is 2. The van der Waals surface area contributed by atoms with Crippen molar-refractivity contribution < 1.29 is 14.3 Å². The third-order valence-electron chi connectivity index (χ3n) is 6.40. The molecule has 0 spiro atoms. The van der Waals surface area contributed by atoms with Crippen LogP contribution < -0.4 is 10.6 Å². The number of guanidine groups is 1. The average molecular weight is 366 g/mol. The number of esters is 1. The fraction of sp³-hybridized carbons (Fsp3) is 0.900. The summed E-state index contributed by atoms with van der Waals surface area (Å²) in [6.45, 7) is 10.6. The number of aliphatic imine (C=N–C) groups is 1. The first-order valence-corrected chi connectivity index (χ1v) is 10.3. The molecule has 3 unspecified atom stereocenters. The Hall–Kier alpha value is -1.30. The van der Waals surface area contributed by atoms with Crippen molar-refractivity contribution in [2.45, 2.75) is 78.0 Å². The second-order valence-electron chi connectivity index (χ2n) is 8.46. The Labute approximate surface area is 157 Å². The summed E-state index contributed by atoms with van der Waals surface area (Å²) in [5, 5.41) is 7.30. The topological polar surface area (TPSA) is 72.0 Å². The molecule has 148 valence electrons. The molecule has 0 aromatic heterocycles. The second-order valence-corrected chi connectivity index (χ2v) is 8.46. The highest BCUT2D eigenvalue weighted by Gasteiger charge is 2.59. The van der Waals surface area contributed by atoms with Crippen molar-refractivity contribution in [3.63, 3.8) is 0 Å². The van der Waals surface area contributed by atoms with Crippen LogP contribution in [0.3, 0.4) is 0 Å². The molecular formula is C20H35N3O3. The van der Waals surface area contributed by atoms with E-state index in [-0.39, 0.29) is 17.3 Å². The molecule has 3 rings (SSSR count). The molecule has 2 saturated carbocycles. The molecule has 0 aromatic rings. The van der Waals surface area contributed by atoms with Crippen molar-refractivity contribution in [3.05, 3.63) is 0 Å². The van der Waals surface area contributed by atoms with Crippen LogP contribution in [0.15, 0.2) is 4.99 Å². The fourth-order valence-corrected chi connectivity index (χ4v) is 4.98. The summed E-state index contributed by atoms with van der Waals surface area (Å²) in [5.74, 6) is 1.54. The Morgan fingerprint density at radius 1 is 1.15 bits per heavy atom. The first kappa shape index (κ1) is 19.5. The van der Waals surface area contributed by atoms with Gasteiger partial charge in [0.2, 0.25) is 0 Å². The zero-order valence-electron chi connectivity index (χ0n) is 16.7. The lowest BCUT2D eigenvalue weighted by Gasteiger charge is -2.55. The van der Waals surface area contributed by atoms with E-state index < -0.39 is 0 Å². The molecule has 1 aliphatic heterocycles. The molecule has 3 aliphatic rings. The van der Waals surface area contributed by atoms with Crippen molar-refractivity contribution in [3.8, 4) is 0 Å². The standard InChI is InChI=1S/C20H35N3O3/c1-5-21-19(23-16-15-11-12-26-17(15)20(16,3)4)22-14-9-7-13(8-10-14)18(24)25-6-2/h13-17H,5-12H2,1-4H3,(H2,21,22,23). The molecule has 2 N–H and O–H groups in total. The van der Waals surface area contributed by atoms with Crippen molar-refractivity contribution >= 4 is 11.9 Å². The van der Waals surface area contributed by atoms with Gasteiger partial charge < -0.3 is 20.1 Å². The third kappa shape index (κ3) is 3.85. The number of hydrogen-bond donors (Lipinski definition) is 2. The second kappa shape index (κ2) is 8.15. The zero-order chi connectivity index (χ0) is 18.7. The monoisotopic (exact) mass is 365 g/mol. The van der Waals surface area contributed by atoms with Gasteiger partial charge in [-0.05, 0) is 46.0 Å². The van der Waals surface area contributed by atoms with Crippen LogP contribution in [0.5, 0.6) is 0 Å². The van der Waals surface area contributed by atoms with Crippen LogP contribution in [-0.4, -0.2) is 49.9 Å². The highest BCUT2D eigenvalue weighted by atomic mass is 16.5. The van der Waals surface area contributed by atoms with E-state index in [1.54, 1.807) is 0 Å². The largest absolute Gasteiger partial charge is 0.466 e. The summed E-state index contributed by atoms with van der Waals surface area (Å²) in [4.78, 5) is 16.6. The van der Waals surface area contributed by atoms with Crippen LogP contribution in [0.4, 0.5) is 0 Å². The van der Waals surface area contributed by atoms with Crippen LogP contribution in [0.2, 0.25) is 0 Å². The van der Waals surface area contributed by atoms with Gasteiger partial charge in [-0.25, -0.2) is 0 Å². The normalized spacial score (nSPS) is 36.0. The van der Waals surface area contributed by atoms with Crippen molar-refractivity contribution in [1.29, 1.82) is 0 Å². The summed E-state index contributed by atoms with van der Waals surface area (Å²) >= 11 is 0. The SMILES string of the molecule is CCN=C(NC1CCC(C(=O)OCC)CC1)NC1C2CCOC2C1(C)C. The predicted octanol–water partition coefficient (Wildman–Crippen LogP) is 2.48. The Kier molecular flexibility index (Phi) is 6.10. The van der Waals surface area contributed by atoms with Gasteiger partial charge in [0, 0.05) is 36.6 Å². The molecule has 0 radical (unpaired) electrons. The Morgan fingerprint density at radius 2 is 1.88 bits per heavy atom. The van der Waals surface area contributed by atoms with E-state index >= 15 is 0 Å². The van der Waals surface area contributed by atoms with Crippen molar-refractivity contribution in [1.82, 2.24) is 10.6 Å². The van der Waals surface area contributed by atoms with E-state index in [1.165, 1.54) is 0 Å². The van der Waals surface area contributed by atoms with E-state index in [2.05, 4.69) is 36.4 Å². The molecule has 6 nitrogen and oxygen atoms in total. The maximum Gasteiger partial charge on any atom is 0.308 e. The highest BCUT2D eigenvalue weighted by molar-refractivity contribution is 5.81. The zero-order valence-corrected chi connectivity index (χ0v) is 16.7. The van der Waals surface area contributed by atoms with E-state index in [0.717, 1.165) is 51.2 Å². The molecule has 26 heavy (non-hydrogen) atoms. The van der Waals surface area contributed by atoms with E-state index in [0.29, 0.717) is 30.7 Å². The summed E-state index contributed by atoms with van der Waals surface area (Å²) in [7, 11) is 0. The summed E-state index contributed by atoms with van der Waals surface area (Å²) in [6, 6.07) is 0.779. The van der Waals surface area contributed by atoms with Gasteiger partial charge in [-0.2, -0.15) is 0 Å². The van der Waals surface area contributed by atoms with E-state index in [9.17, 15) is 4.79 Å². The lowest BCUT2D eigenvalue weighted by atomic mass is 9.57. The number of carbonyl (C=O) groups is 1. The highest BCUT2D eigenvalue weighted by Crippen LogP contribution is 2.52. The lowest BCUT2D eigenvalue weighted by molar-refractivity contribution is -0.149. The van der Waals surface area contributed by atoms with Crippen LogP contribution >= 0.6 is 0 Å². The maximum atomic E-state index is 11.9. The number of nitrogens with zero attached hydrogens (tertiary/aromatic N) is 1. The van der Waals surface area contributed by atoms with Gasteiger partial charge in [0.15, 0.2) is 5.96 Å². The smallest absolute Gasteiger partial charge is 0.308 e. The molecule has 2 aliphatic carbocycles. The number of carbonyl (C=O) groups excluding carboxylic acids is 1. The van der Waals surface area contributed by atoms with Crippen LogP contribution in [0, 0.1) is 17.3 Å². The molecule has 0 amide bonds. The number of hydrogen-bond acceptors (Lipinski definition) is 4. The number of rotatable bonds is 5. The Balaban J connectivity index is 1.52. The van der Waals surface area contributed by atoms with Gasteiger partial charge in [-0.15, -0.1) is 0 Å². The van der Waals surface area contributed by atoms with E-state index in [1.807, 2.05) is 6.92 Å². The van der Waals surface area contributed by atoms with Gasteiger partial charge >= 0.3 is 5.97 Å². The molecular weight excluding hydrogens is 330 g/mol. The van der Waals surface area contributed by atoms with Gasteiger partial charge in [0.1, 0.15) is 0 Å². The van der Waals surface area contributed by atoms with Gasteiger partial charge in [-0.1, -0.05) is 13.8 Å². The number of fused-ring (bicyclic) bond motifs is 1. The minimum Gasteiger partial charge on any atom is -0.466 e. The van der Waals surface area contributed by atoms with E-state index in [4.69, 9.17) is 9.47 Å². The molecule has 3 fully saturated rings. The summed E-state index contributed by atoms with van der Waals surface area (Å²) < 4.78 is 11.1. The maximum absolute atomic E-state index is 11.9. The molecule has 3 atom stereocenters. The van der Waals surface area contributed by atoms with Gasteiger partial charge in [0.25, 0.3) is 0 Å². The Bertz CT molecular complexity index is 526. The van der Waals surface area contributed by atoms with Crippen LogP contribution in [0.1, 0.15) is 59.8 Å². The average Bonchev–Trinajstić information content (AvgIpc) is 3.08. The Morgan fingerprint density at radius 3 is 2.54 bits per heavy atom. The predicted molar refractivity (Wildman–Crippen MR) is 102 cm³/mol. The van der Waals surface area contributed by atoms with Crippen molar-refractivity contribution in [2.24, 2.45) is 22.2 Å². The van der Waals surface area contributed by atoms with Crippen LogP contribution in [-0.2, 0) is 14.3 Å². The summed E-state index contributed by atoms with van der Waals surface area (Å²) in [6.07, 6.45) is 5.26. The number of ether oxygens (including phenoxy) is 2. The van der Waals surface area contributed by atoms with Crippen molar-refractivity contribution in [2.75, 3.05) is 19.8 Å². The van der Waals surface area contributed by atoms with Crippen LogP contribution in [0.25, 0.3) is 0 Å². The molecule has 0 aromatic carbocycles. The quantitative estimate of drug-likeness (QED) is 0.445. The van der Waals surface area contributed by atoms with Gasteiger partial charge in [-0.3, -0.25) is 9.79 Å². The first-order valence-electron chi connectivity index (χ1n) is 10.3. The fourth-order valence-electron chi connectivity index (χ4n) is 4.98. The minimum atomic E-state index is -0.0324. The molecule has 1 saturated heterocycles. The third-order valence-corrected chi connectivity index (χ3v) is 6.40. The van der Waals surface area contributed by atoms with Gasteiger partial charge in [0.05, 0.1) is 18.6 Å². The molecule has 6 heteroatoms. The molecule has 0 bridgehead atoms. The summed E-state index contributed by atoms with van der Waals surface area (Å²) in [5.41, 5.74) is 0.138. The lowest BCUT2D eigenvalue weighted by Crippen LogP contribution is -2.68.